The second-order valence-corrected chi connectivity index (χ2v) is 4.66. The number of anilines is 1. The van der Waals surface area contributed by atoms with Crippen molar-refractivity contribution in [2.45, 2.75) is 26.7 Å². The summed E-state index contributed by atoms with van der Waals surface area (Å²) in [6.07, 6.45) is 0.359. The van der Waals surface area contributed by atoms with Crippen LogP contribution in [0.4, 0.5) is 5.69 Å². The summed E-state index contributed by atoms with van der Waals surface area (Å²) in [4.78, 5) is 21.7. The molecule has 110 valence electrons. The number of rotatable bonds is 5. The third-order valence-corrected chi connectivity index (χ3v) is 2.98. The van der Waals surface area contributed by atoms with Crippen LogP contribution in [0.15, 0.2) is 24.3 Å². The molecule has 2 aromatic rings. The van der Waals surface area contributed by atoms with Crippen molar-refractivity contribution in [2.24, 2.45) is 0 Å². The van der Waals surface area contributed by atoms with E-state index in [1.54, 1.807) is 22.9 Å². The maximum Gasteiger partial charge on any atom is 0.303 e. The first-order chi connectivity index (χ1) is 9.97. The van der Waals surface area contributed by atoms with Crippen molar-refractivity contribution in [3.8, 4) is 5.69 Å². The second kappa shape index (κ2) is 6.17. The molecular formula is C14H16N4O3. The molecule has 0 bridgehead atoms. The van der Waals surface area contributed by atoms with Crippen molar-refractivity contribution in [3.63, 3.8) is 0 Å². The molecule has 0 unspecified atom stereocenters. The molecule has 0 atom stereocenters. The Morgan fingerprint density at radius 2 is 2.14 bits per heavy atom. The van der Waals surface area contributed by atoms with Crippen LogP contribution in [-0.2, 0) is 16.0 Å². The number of carboxylic acids is 1. The first-order valence-electron chi connectivity index (χ1n) is 6.48. The molecule has 1 aromatic heterocycles. The largest absolute Gasteiger partial charge is 0.481 e. The molecule has 2 rings (SSSR count). The summed E-state index contributed by atoms with van der Waals surface area (Å²) in [5.74, 6) is -1.01. The highest BCUT2D eigenvalue weighted by Gasteiger charge is 2.11. The van der Waals surface area contributed by atoms with Crippen molar-refractivity contribution in [1.82, 2.24) is 15.0 Å². The number of carbonyl (C=O) groups excluding carboxylic acids is 1. The van der Waals surface area contributed by atoms with E-state index in [0.717, 1.165) is 11.4 Å². The number of nitrogens with zero attached hydrogens (tertiary/aromatic N) is 3. The van der Waals surface area contributed by atoms with Crippen molar-refractivity contribution in [2.75, 3.05) is 5.32 Å². The Balaban J connectivity index is 2.26. The zero-order valence-electron chi connectivity index (χ0n) is 11.8. The van der Waals surface area contributed by atoms with E-state index in [4.69, 9.17) is 5.11 Å². The Morgan fingerprint density at radius 3 is 2.81 bits per heavy atom. The zero-order valence-corrected chi connectivity index (χ0v) is 11.8. The predicted octanol–water partition coefficient (Wildman–Crippen LogP) is 1.55. The van der Waals surface area contributed by atoms with Crippen LogP contribution in [0.3, 0.4) is 0 Å². The van der Waals surface area contributed by atoms with Gasteiger partial charge in [0.2, 0.25) is 5.91 Å². The van der Waals surface area contributed by atoms with Crippen LogP contribution in [0.2, 0.25) is 0 Å². The van der Waals surface area contributed by atoms with E-state index in [0.29, 0.717) is 17.8 Å². The number of amides is 1. The summed E-state index contributed by atoms with van der Waals surface area (Å²) in [7, 11) is 0. The molecule has 0 saturated heterocycles. The van der Waals surface area contributed by atoms with E-state index in [2.05, 4.69) is 15.6 Å². The minimum atomic E-state index is -0.864. The first-order valence-corrected chi connectivity index (χ1v) is 6.48. The maximum atomic E-state index is 11.1. The summed E-state index contributed by atoms with van der Waals surface area (Å²) in [5.41, 5.74) is 2.87. The normalized spacial score (nSPS) is 10.4. The second-order valence-electron chi connectivity index (χ2n) is 4.66. The molecule has 0 spiro atoms. The van der Waals surface area contributed by atoms with Crippen LogP contribution in [-0.4, -0.2) is 32.0 Å². The molecule has 1 heterocycles. The molecule has 7 heteroatoms. The molecule has 0 aliphatic rings. The summed E-state index contributed by atoms with van der Waals surface area (Å²) >= 11 is 0. The Kier molecular flexibility index (Phi) is 4.32. The molecule has 1 amide bonds. The number of aromatic nitrogens is 3. The first kappa shape index (κ1) is 14.7. The summed E-state index contributed by atoms with van der Waals surface area (Å²) in [6.45, 7) is 3.28. The number of aliphatic carboxylic acids is 1. The molecular weight excluding hydrogens is 272 g/mol. The number of aryl methyl sites for hydroxylation is 1. The van der Waals surface area contributed by atoms with Gasteiger partial charge in [-0.1, -0.05) is 11.3 Å². The van der Waals surface area contributed by atoms with Crippen molar-refractivity contribution in [1.29, 1.82) is 0 Å². The highest BCUT2D eigenvalue weighted by Crippen LogP contribution is 2.17. The van der Waals surface area contributed by atoms with Gasteiger partial charge in [0.15, 0.2) is 0 Å². The summed E-state index contributed by atoms with van der Waals surface area (Å²) < 4.78 is 1.63. The lowest BCUT2D eigenvalue weighted by molar-refractivity contribution is -0.137. The Labute approximate surface area is 121 Å². The van der Waals surface area contributed by atoms with Crippen molar-refractivity contribution in [3.05, 3.63) is 35.7 Å². The molecule has 0 fully saturated rings. The molecule has 0 aliphatic carbocycles. The van der Waals surface area contributed by atoms with Gasteiger partial charge >= 0.3 is 5.97 Å². The standard InChI is InChI=1S/C14H16N4O3/c1-9-13(6-7-14(20)21)16-17-18(9)12-5-3-4-11(8-12)15-10(2)19/h3-5,8H,6-7H2,1-2H3,(H,15,19)(H,20,21). The Hall–Kier alpha value is -2.70. The lowest BCUT2D eigenvalue weighted by atomic mass is 10.2. The van der Waals surface area contributed by atoms with Gasteiger partial charge < -0.3 is 10.4 Å². The predicted molar refractivity (Wildman–Crippen MR) is 76.4 cm³/mol. The fourth-order valence-electron chi connectivity index (χ4n) is 1.98. The fraction of sp³-hybridized carbons (Fsp3) is 0.286. The third kappa shape index (κ3) is 3.65. The van der Waals surface area contributed by atoms with Crippen molar-refractivity contribution < 1.29 is 14.7 Å². The third-order valence-electron chi connectivity index (χ3n) is 2.98. The van der Waals surface area contributed by atoms with Gasteiger partial charge in [-0.15, -0.1) is 5.10 Å². The van der Waals surface area contributed by atoms with Gasteiger partial charge in [0.25, 0.3) is 0 Å². The van der Waals surface area contributed by atoms with E-state index >= 15 is 0 Å². The minimum Gasteiger partial charge on any atom is -0.481 e. The van der Waals surface area contributed by atoms with E-state index in [1.807, 2.05) is 13.0 Å². The Morgan fingerprint density at radius 1 is 1.38 bits per heavy atom. The number of hydrogen-bond donors (Lipinski definition) is 2. The summed E-state index contributed by atoms with van der Waals surface area (Å²) in [6, 6.07) is 7.21. The molecule has 0 saturated carbocycles. The number of carbonyl (C=O) groups is 2. The number of benzene rings is 1. The van der Waals surface area contributed by atoms with Gasteiger partial charge in [-0.3, -0.25) is 9.59 Å². The molecule has 2 N–H and O–H groups in total. The average Bonchev–Trinajstić information content (AvgIpc) is 2.77. The van der Waals surface area contributed by atoms with Crippen LogP contribution in [0, 0.1) is 6.92 Å². The van der Waals surface area contributed by atoms with E-state index in [-0.39, 0.29) is 12.3 Å². The van der Waals surface area contributed by atoms with Crippen LogP contribution in [0.5, 0.6) is 0 Å². The lowest BCUT2D eigenvalue weighted by Gasteiger charge is -2.07. The van der Waals surface area contributed by atoms with Gasteiger partial charge in [-0.2, -0.15) is 0 Å². The zero-order chi connectivity index (χ0) is 15.4. The average molecular weight is 288 g/mol. The number of hydrogen-bond acceptors (Lipinski definition) is 4. The molecule has 7 nitrogen and oxygen atoms in total. The highest BCUT2D eigenvalue weighted by molar-refractivity contribution is 5.88. The van der Waals surface area contributed by atoms with Crippen molar-refractivity contribution >= 4 is 17.6 Å². The van der Waals surface area contributed by atoms with Gasteiger partial charge in [0.1, 0.15) is 0 Å². The maximum absolute atomic E-state index is 11.1. The van der Waals surface area contributed by atoms with Gasteiger partial charge in [-0.25, -0.2) is 4.68 Å². The van der Waals surface area contributed by atoms with E-state index in [1.165, 1.54) is 6.92 Å². The number of nitrogens with one attached hydrogen (secondary N) is 1. The molecule has 1 aromatic carbocycles. The minimum absolute atomic E-state index is 0.0193. The van der Waals surface area contributed by atoms with Gasteiger partial charge in [-0.05, 0) is 25.1 Å². The van der Waals surface area contributed by atoms with Crippen LogP contribution < -0.4 is 5.32 Å². The highest BCUT2D eigenvalue weighted by atomic mass is 16.4. The van der Waals surface area contributed by atoms with Crippen LogP contribution >= 0.6 is 0 Å². The molecule has 21 heavy (non-hydrogen) atoms. The SMILES string of the molecule is CC(=O)Nc1cccc(-n2nnc(CCC(=O)O)c2C)c1. The van der Waals surface area contributed by atoms with Crippen LogP contribution in [0.25, 0.3) is 5.69 Å². The lowest BCUT2D eigenvalue weighted by Crippen LogP contribution is -2.07. The van der Waals surface area contributed by atoms with Gasteiger partial charge in [0.05, 0.1) is 23.5 Å². The fourth-order valence-corrected chi connectivity index (χ4v) is 1.98. The monoisotopic (exact) mass is 288 g/mol. The molecule has 0 aliphatic heterocycles. The van der Waals surface area contributed by atoms with Gasteiger partial charge in [0, 0.05) is 19.0 Å². The van der Waals surface area contributed by atoms with Crippen LogP contribution in [0.1, 0.15) is 24.7 Å². The Bertz CT molecular complexity index is 679. The topological polar surface area (TPSA) is 97.1 Å². The molecule has 0 radical (unpaired) electrons. The smallest absolute Gasteiger partial charge is 0.303 e. The van der Waals surface area contributed by atoms with E-state index in [9.17, 15) is 9.59 Å². The summed E-state index contributed by atoms with van der Waals surface area (Å²) in [5, 5.41) is 19.5. The number of carboxylic acid groups (broad SMARTS) is 1. The quantitative estimate of drug-likeness (QED) is 0.870. The van der Waals surface area contributed by atoms with E-state index < -0.39 is 5.97 Å².